The molecule has 0 saturated heterocycles. The maximum absolute atomic E-state index is 11.9. The Hall–Kier alpha value is -2.13. The molecule has 7 heteroatoms. The first kappa shape index (κ1) is 26.9. The number of rotatable bonds is 11. The van der Waals surface area contributed by atoms with Gasteiger partial charge in [-0.15, -0.1) is 24.0 Å². The Balaban J connectivity index is 0.00000480. The van der Waals surface area contributed by atoms with Crippen molar-refractivity contribution < 1.29 is 9.53 Å². The van der Waals surface area contributed by atoms with E-state index in [1.54, 1.807) is 19.0 Å². The average molecular weight is 538 g/mol. The maximum atomic E-state index is 11.9. The van der Waals surface area contributed by atoms with Gasteiger partial charge < -0.3 is 20.3 Å². The number of hydrogen-bond acceptors (Lipinski definition) is 3. The lowest BCUT2D eigenvalue weighted by Crippen LogP contribution is -2.40. The Kier molecular flexibility index (Phi) is 13.6. The lowest BCUT2D eigenvalue weighted by molar-refractivity contribution is -0.127. The molecule has 31 heavy (non-hydrogen) atoms. The van der Waals surface area contributed by atoms with E-state index in [2.05, 4.69) is 46.8 Å². The summed E-state index contributed by atoms with van der Waals surface area (Å²) in [4.78, 5) is 17.8. The molecule has 1 amide bonds. The summed E-state index contributed by atoms with van der Waals surface area (Å²) in [5.74, 6) is 0.622. The van der Waals surface area contributed by atoms with Crippen LogP contribution >= 0.6 is 24.0 Å². The molecule has 6 nitrogen and oxygen atoms in total. The molecule has 2 aromatic carbocycles. The highest BCUT2D eigenvalue weighted by Crippen LogP contribution is 2.15. The summed E-state index contributed by atoms with van der Waals surface area (Å²) < 4.78 is 5.92. The monoisotopic (exact) mass is 538 g/mol. The normalized spacial score (nSPS) is 11.9. The number of carbonyl (C=O) groups excluding carboxylic acids is 1. The van der Waals surface area contributed by atoms with E-state index in [0.717, 1.165) is 25.9 Å². The third-order valence-electron chi connectivity index (χ3n) is 4.67. The van der Waals surface area contributed by atoms with Gasteiger partial charge in [-0.25, -0.2) is 4.99 Å². The van der Waals surface area contributed by atoms with Gasteiger partial charge >= 0.3 is 0 Å². The van der Waals surface area contributed by atoms with Crippen LogP contribution in [-0.4, -0.2) is 57.1 Å². The van der Waals surface area contributed by atoms with Crippen LogP contribution in [0.1, 0.15) is 30.6 Å². The molecule has 0 bridgehead atoms. The van der Waals surface area contributed by atoms with E-state index in [-0.39, 0.29) is 42.5 Å². The molecule has 0 aliphatic carbocycles. The van der Waals surface area contributed by atoms with Crippen LogP contribution in [0.15, 0.2) is 65.7 Å². The molecule has 0 aromatic heterocycles. The van der Waals surface area contributed by atoms with Crippen molar-refractivity contribution in [3.05, 3.63) is 71.8 Å². The van der Waals surface area contributed by atoms with Gasteiger partial charge in [0.05, 0.1) is 6.10 Å². The van der Waals surface area contributed by atoms with E-state index < -0.39 is 0 Å². The molecule has 170 valence electrons. The first-order valence-electron chi connectivity index (χ1n) is 10.5. The van der Waals surface area contributed by atoms with Gasteiger partial charge in [-0.05, 0) is 30.9 Å². The molecule has 0 saturated carbocycles. The molecular formula is C24H35IN4O2. The van der Waals surface area contributed by atoms with Crippen molar-refractivity contribution >= 4 is 35.8 Å². The largest absolute Gasteiger partial charge is 0.374 e. The first-order valence-corrected chi connectivity index (χ1v) is 10.5. The number of aliphatic imine (C=N–C) groups is 1. The fraction of sp³-hybridized carbons (Fsp3) is 0.417. The van der Waals surface area contributed by atoms with E-state index in [0.29, 0.717) is 12.6 Å². The zero-order valence-corrected chi connectivity index (χ0v) is 21.0. The van der Waals surface area contributed by atoms with Gasteiger partial charge in [-0.3, -0.25) is 4.79 Å². The Morgan fingerprint density at radius 1 is 1.00 bits per heavy atom. The molecule has 0 fully saturated rings. The summed E-state index contributed by atoms with van der Waals surface area (Å²) in [5.41, 5.74) is 2.44. The van der Waals surface area contributed by atoms with Gasteiger partial charge in [0, 0.05) is 33.8 Å². The third kappa shape index (κ3) is 11.2. The molecule has 1 atom stereocenters. The van der Waals surface area contributed by atoms with E-state index in [9.17, 15) is 4.79 Å². The van der Waals surface area contributed by atoms with Crippen LogP contribution in [0, 0.1) is 0 Å². The van der Waals surface area contributed by atoms with Crippen LogP contribution in [0.5, 0.6) is 0 Å². The van der Waals surface area contributed by atoms with Crippen LogP contribution in [0.3, 0.4) is 0 Å². The number of benzene rings is 2. The number of hydrogen-bond donors (Lipinski definition) is 2. The molecule has 0 radical (unpaired) electrons. The fourth-order valence-corrected chi connectivity index (χ4v) is 2.79. The third-order valence-corrected chi connectivity index (χ3v) is 4.67. The van der Waals surface area contributed by atoms with Crippen molar-refractivity contribution in [3.8, 4) is 0 Å². The lowest BCUT2D eigenvalue weighted by Gasteiger charge is -2.15. The minimum atomic E-state index is -0.0285. The summed E-state index contributed by atoms with van der Waals surface area (Å²) in [7, 11) is 3.47. The fourth-order valence-electron chi connectivity index (χ4n) is 2.79. The van der Waals surface area contributed by atoms with E-state index in [4.69, 9.17) is 4.74 Å². The van der Waals surface area contributed by atoms with Gasteiger partial charge in [0.15, 0.2) is 5.96 Å². The van der Waals surface area contributed by atoms with Crippen molar-refractivity contribution in [2.24, 2.45) is 4.99 Å². The first-order chi connectivity index (χ1) is 14.6. The molecule has 2 aromatic rings. The summed E-state index contributed by atoms with van der Waals surface area (Å²) in [6.07, 6.45) is 1.81. The van der Waals surface area contributed by atoms with Crippen molar-refractivity contribution in [1.29, 1.82) is 0 Å². The topological polar surface area (TPSA) is 66.0 Å². The van der Waals surface area contributed by atoms with Crippen molar-refractivity contribution in [2.45, 2.75) is 25.9 Å². The van der Waals surface area contributed by atoms with Gasteiger partial charge in [0.1, 0.15) is 6.54 Å². The van der Waals surface area contributed by atoms with E-state index >= 15 is 0 Å². The van der Waals surface area contributed by atoms with Crippen LogP contribution < -0.4 is 10.6 Å². The Bertz CT molecular complexity index is 770. The molecule has 0 heterocycles. The number of amides is 1. The number of nitrogens with zero attached hydrogens (tertiary/aromatic N) is 2. The Morgan fingerprint density at radius 2 is 1.61 bits per heavy atom. The number of guanidine groups is 1. The van der Waals surface area contributed by atoms with Crippen LogP contribution in [0.4, 0.5) is 0 Å². The van der Waals surface area contributed by atoms with Gasteiger partial charge in [0.25, 0.3) is 0 Å². The van der Waals surface area contributed by atoms with Crippen LogP contribution in [0.25, 0.3) is 0 Å². The minimum Gasteiger partial charge on any atom is -0.374 e. The van der Waals surface area contributed by atoms with Crippen molar-refractivity contribution in [2.75, 3.05) is 40.3 Å². The number of carbonyl (C=O) groups is 1. The van der Waals surface area contributed by atoms with Gasteiger partial charge in [0.2, 0.25) is 5.91 Å². The summed E-state index contributed by atoms with van der Waals surface area (Å²) in [6, 6.07) is 20.5. The van der Waals surface area contributed by atoms with Crippen LogP contribution in [-0.2, 0) is 16.0 Å². The number of halogens is 1. The molecule has 1 unspecified atom stereocenters. The van der Waals surface area contributed by atoms with Gasteiger partial charge in [-0.1, -0.05) is 60.7 Å². The highest BCUT2D eigenvalue weighted by molar-refractivity contribution is 14.0. The molecular weight excluding hydrogens is 503 g/mol. The van der Waals surface area contributed by atoms with E-state index in [1.165, 1.54) is 11.1 Å². The molecule has 0 spiro atoms. The Morgan fingerprint density at radius 3 is 2.26 bits per heavy atom. The minimum absolute atomic E-state index is 0. The molecule has 0 aliphatic heterocycles. The SMILES string of the molecule is CC(OCCCNC(=NCC(=O)N(C)C)NCCc1ccccc1)c1ccccc1.I. The standard InChI is InChI=1S/C24H34N4O2.HI/c1-20(22-13-8-5-9-14-22)30-18-10-16-25-24(27-19-23(29)28(2)3)26-17-15-21-11-6-4-7-12-21;/h4-9,11-14,20H,10,15-19H2,1-3H3,(H2,25,26,27);1H. The zero-order valence-electron chi connectivity index (χ0n) is 18.7. The van der Waals surface area contributed by atoms with E-state index in [1.807, 2.05) is 36.4 Å². The van der Waals surface area contributed by atoms with Crippen molar-refractivity contribution in [1.82, 2.24) is 15.5 Å². The van der Waals surface area contributed by atoms with Crippen LogP contribution in [0.2, 0.25) is 0 Å². The second kappa shape index (κ2) is 15.6. The second-order valence-electron chi connectivity index (χ2n) is 7.32. The predicted octanol–water partition coefficient (Wildman–Crippen LogP) is 3.64. The number of ether oxygens (including phenoxy) is 1. The smallest absolute Gasteiger partial charge is 0.243 e. The average Bonchev–Trinajstić information content (AvgIpc) is 2.77. The molecule has 2 rings (SSSR count). The number of likely N-dealkylation sites (N-methyl/N-ethyl adjacent to an activating group) is 1. The zero-order chi connectivity index (χ0) is 21.6. The second-order valence-corrected chi connectivity index (χ2v) is 7.32. The highest BCUT2D eigenvalue weighted by atomic mass is 127. The molecule has 2 N–H and O–H groups in total. The van der Waals surface area contributed by atoms with Crippen molar-refractivity contribution in [3.63, 3.8) is 0 Å². The highest BCUT2D eigenvalue weighted by Gasteiger charge is 2.06. The summed E-state index contributed by atoms with van der Waals surface area (Å²) in [5, 5.41) is 6.62. The summed E-state index contributed by atoms with van der Waals surface area (Å²) >= 11 is 0. The molecule has 0 aliphatic rings. The quantitative estimate of drug-likeness (QED) is 0.199. The summed E-state index contributed by atoms with van der Waals surface area (Å²) in [6.45, 7) is 4.29. The number of nitrogens with one attached hydrogen (secondary N) is 2. The van der Waals surface area contributed by atoms with Gasteiger partial charge in [-0.2, -0.15) is 0 Å². The lowest BCUT2D eigenvalue weighted by atomic mass is 10.1. The maximum Gasteiger partial charge on any atom is 0.243 e. The predicted molar refractivity (Wildman–Crippen MR) is 138 cm³/mol. The Labute approximate surface area is 203 Å².